The molecular formula is C26H39N5O3. The number of aliphatic imine (C=N–C) groups is 1. The number of carbonyl (C=O) groups excluding carboxylic acids is 1. The number of allylic oxidation sites excluding steroid dienone is 1. The van der Waals surface area contributed by atoms with Crippen molar-refractivity contribution < 1.29 is 14.3 Å². The molecule has 1 aliphatic heterocycles. The summed E-state index contributed by atoms with van der Waals surface area (Å²) in [5, 5.41) is 2.85. The van der Waals surface area contributed by atoms with Crippen LogP contribution in [0, 0.1) is 5.92 Å². The summed E-state index contributed by atoms with van der Waals surface area (Å²) in [6.45, 7) is 6.11. The van der Waals surface area contributed by atoms with Gasteiger partial charge in [0.05, 0.1) is 7.11 Å². The Kier molecular flexibility index (Phi) is 8.98. The van der Waals surface area contributed by atoms with Gasteiger partial charge >= 0.3 is 0 Å². The molecule has 0 spiro atoms. The largest absolute Gasteiger partial charge is 0.496 e. The lowest BCUT2D eigenvalue weighted by Crippen LogP contribution is -2.35. The van der Waals surface area contributed by atoms with E-state index < -0.39 is 5.91 Å². The van der Waals surface area contributed by atoms with Gasteiger partial charge in [-0.3, -0.25) is 9.79 Å². The third-order valence-electron chi connectivity index (χ3n) is 6.79. The Morgan fingerprint density at radius 1 is 1.15 bits per heavy atom. The number of nitrogens with one attached hydrogen (secondary N) is 1. The predicted octanol–water partition coefficient (Wildman–Crippen LogP) is 3.04. The quantitative estimate of drug-likeness (QED) is 0.306. The molecule has 1 saturated heterocycles. The van der Waals surface area contributed by atoms with Crippen molar-refractivity contribution >= 4 is 17.4 Å². The van der Waals surface area contributed by atoms with Gasteiger partial charge in [0.15, 0.2) is 0 Å². The molecule has 2 fully saturated rings. The second-order valence-electron chi connectivity index (χ2n) is 9.19. The summed E-state index contributed by atoms with van der Waals surface area (Å²) in [7, 11) is 5.26. The van der Waals surface area contributed by atoms with Gasteiger partial charge in [-0.25, -0.2) is 0 Å². The summed E-state index contributed by atoms with van der Waals surface area (Å²) >= 11 is 0. The van der Waals surface area contributed by atoms with Crippen LogP contribution in [-0.2, 0) is 4.79 Å². The van der Waals surface area contributed by atoms with Gasteiger partial charge in [0.2, 0.25) is 0 Å². The lowest BCUT2D eigenvalue weighted by molar-refractivity contribution is -0.116. The van der Waals surface area contributed by atoms with Crippen LogP contribution in [0.4, 0.5) is 0 Å². The second kappa shape index (κ2) is 11.9. The molecule has 2 aliphatic rings. The van der Waals surface area contributed by atoms with Crippen LogP contribution in [0.25, 0.3) is 5.70 Å². The van der Waals surface area contributed by atoms with Crippen molar-refractivity contribution in [3.05, 3.63) is 41.6 Å². The number of methoxy groups -OCH3 is 1. The molecule has 8 heteroatoms. The predicted molar refractivity (Wildman–Crippen MR) is 137 cm³/mol. The van der Waals surface area contributed by atoms with Crippen molar-refractivity contribution in [1.82, 2.24) is 10.2 Å². The maximum Gasteiger partial charge on any atom is 0.261 e. The molecule has 3 rings (SSSR count). The van der Waals surface area contributed by atoms with E-state index in [0.717, 1.165) is 57.4 Å². The lowest BCUT2D eigenvalue weighted by Gasteiger charge is -2.29. The third kappa shape index (κ3) is 6.32. The maximum absolute atomic E-state index is 13.2. The highest BCUT2D eigenvalue weighted by molar-refractivity contribution is 6.22. The monoisotopic (exact) mass is 469 g/mol. The van der Waals surface area contributed by atoms with E-state index in [1.165, 1.54) is 6.42 Å². The zero-order valence-corrected chi connectivity index (χ0v) is 20.7. The van der Waals surface area contributed by atoms with E-state index >= 15 is 0 Å². The highest BCUT2D eigenvalue weighted by Crippen LogP contribution is 2.31. The molecule has 1 saturated carbocycles. The van der Waals surface area contributed by atoms with Gasteiger partial charge in [-0.2, -0.15) is 0 Å². The first-order chi connectivity index (χ1) is 16.3. The Morgan fingerprint density at radius 3 is 2.44 bits per heavy atom. The van der Waals surface area contributed by atoms with E-state index in [1.54, 1.807) is 14.2 Å². The van der Waals surface area contributed by atoms with Gasteiger partial charge in [-0.05, 0) is 50.8 Å². The molecule has 5 N–H and O–H groups in total. The van der Waals surface area contributed by atoms with Crippen LogP contribution in [0.5, 0.6) is 11.5 Å². The van der Waals surface area contributed by atoms with Crippen LogP contribution in [0.1, 0.15) is 50.5 Å². The second-order valence-corrected chi connectivity index (χ2v) is 9.19. The Morgan fingerprint density at radius 2 is 1.82 bits per heavy atom. The number of hydrogen-bond donors (Lipinski definition) is 3. The van der Waals surface area contributed by atoms with Gasteiger partial charge in [-0.15, -0.1) is 0 Å². The van der Waals surface area contributed by atoms with Gasteiger partial charge in [-0.1, -0.05) is 25.8 Å². The number of carbonyl (C=O) groups is 1. The first-order valence-electron chi connectivity index (χ1n) is 12.1. The molecule has 0 bridgehead atoms. The number of amidine groups is 1. The number of rotatable bonds is 8. The van der Waals surface area contributed by atoms with Crippen LogP contribution in [0.3, 0.4) is 0 Å². The standard InChI is InChI=1S/C26H39N5O3/c1-17(30-26(32)23(25(28)29-2)24(27)18-8-6-5-7-9-18)21-11-10-20(16-22(21)33-4)34-19-12-14-31(3)15-13-19/h10-11,16,18-19H,1,5-9,12-15,27H2,2-4H3,(H2,28,29)(H,30,32). The first kappa shape index (κ1) is 25.6. The average Bonchev–Trinajstić information content (AvgIpc) is 2.85. The van der Waals surface area contributed by atoms with Crippen molar-refractivity contribution in [3.8, 4) is 11.5 Å². The summed E-state index contributed by atoms with van der Waals surface area (Å²) in [5.41, 5.74) is 14.3. The number of nitrogens with zero attached hydrogens (tertiary/aromatic N) is 2. The molecule has 1 heterocycles. The summed E-state index contributed by atoms with van der Waals surface area (Å²) in [4.78, 5) is 19.6. The summed E-state index contributed by atoms with van der Waals surface area (Å²) in [6.07, 6.45) is 7.44. The molecule has 1 aromatic carbocycles. The van der Waals surface area contributed by atoms with Crippen molar-refractivity contribution in [1.29, 1.82) is 0 Å². The fourth-order valence-electron chi connectivity index (χ4n) is 4.68. The van der Waals surface area contributed by atoms with Gasteiger partial charge in [0.25, 0.3) is 5.91 Å². The Labute approximate surface area is 203 Å². The van der Waals surface area contributed by atoms with Gasteiger partial charge in [0, 0.05) is 43.2 Å². The molecular weight excluding hydrogens is 430 g/mol. The minimum atomic E-state index is -0.412. The number of piperidine rings is 1. The molecule has 0 aromatic heterocycles. The fraction of sp³-hybridized carbons (Fsp3) is 0.538. The van der Waals surface area contributed by atoms with E-state index in [1.807, 2.05) is 18.2 Å². The van der Waals surface area contributed by atoms with E-state index in [9.17, 15) is 4.79 Å². The maximum atomic E-state index is 13.2. The van der Waals surface area contributed by atoms with Crippen molar-refractivity contribution in [2.75, 3.05) is 34.3 Å². The Hall–Kier alpha value is -3.00. The van der Waals surface area contributed by atoms with Crippen molar-refractivity contribution in [2.24, 2.45) is 22.4 Å². The average molecular weight is 470 g/mol. The molecule has 34 heavy (non-hydrogen) atoms. The van der Waals surface area contributed by atoms with Crippen LogP contribution in [0.2, 0.25) is 0 Å². The minimum Gasteiger partial charge on any atom is -0.496 e. The Bertz CT molecular complexity index is 942. The molecule has 0 atom stereocenters. The normalized spacial score (nSPS) is 19.3. The molecule has 1 aliphatic carbocycles. The number of likely N-dealkylation sites (tertiary alicyclic amines) is 1. The number of ether oxygens (including phenoxy) is 2. The highest BCUT2D eigenvalue weighted by Gasteiger charge is 2.26. The molecule has 8 nitrogen and oxygen atoms in total. The van der Waals surface area contributed by atoms with Crippen LogP contribution in [-0.4, -0.2) is 57.0 Å². The number of amides is 1. The molecule has 186 valence electrons. The van der Waals surface area contributed by atoms with Crippen LogP contribution in [0.15, 0.2) is 41.0 Å². The van der Waals surface area contributed by atoms with E-state index in [0.29, 0.717) is 22.7 Å². The molecule has 1 amide bonds. The van der Waals surface area contributed by atoms with E-state index in [4.69, 9.17) is 20.9 Å². The van der Waals surface area contributed by atoms with Crippen molar-refractivity contribution in [2.45, 2.75) is 51.0 Å². The van der Waals surface area contributed by atoms with Crippen molar-refractivity contribution in [3.63, 3.8) is 0 Å². The summed E-state index contributed by atoms with van der Waals surface area (Å²) in [6, 6.07) is 5.55. The molecule has 0 unspecified atom stereocenters. The SMILES string of the molecule is C=C(NC(=O)C(C(N)=NC)=C(N)C1CCCCC1)c1ccc(OC2CCN(C)CC2)cc1OC. The van der Waals surface area contributed by atoms with Gasteiger partial charge < -0.3 is 31.2 Å². The fourth-order valence-corrected chi connectivity index (χ4v) is 4.68. The summed E-state index contributed by atoms with van der Waals surface area (Å²) < 4.78 is 11.7. The van der Waals surface area contributed by atoms with E-state index in [-0.39, 0.29) is 23.4 Å². The molecule has 1 aromatic rings. The zero-order valence-electron chi connectivity index (χ0n) is 20.7. The lowest BCUT2D eigenvalue weighted by atomic mass is 9.85. The van der Waals surface area contributed by atoms with E-state index in [2.05, 4.69) is 28.8 Å². The number of benzene rings is 1. The number of hydrogen-bond acceptors (Lipinski definition) is 6. The van der Waals surface area contributed by atoms with Crippen LogP contribution >= 0.6 is 0 Å². The number of nitrogens with two attached hydrogens (primary N) is 2. The topological polar surface area (TPSA) is 115 Å². The summed E-state index contributed by atoms with van der Waals surface area (Å²) in [5.74, 6) is 1.15. The Balaban J connectivity index is 1.75. The van der Waals surface area contributed by atoms with Crippen LogP contribution < -0.4 is 26.3 Å². The third-order valence-corrected chi connectivity index (χ3v) is 6.79. The highest BCUT2D eigenvalue weighted by atomic mass is 16.5. The molecule has 0 radical (unpaired) electrons. The first-order valence-corrected chi connectivity index (χ1v) is 12.1. The zero-order chi connectivity index (χ0) is 24.7. The smallest absolute Gasteiger partial charge is 0.261 e. The van der Waals surface area contributed by atoms with Gasteiger partial charge in [0.1, 0.15) is 29.0 Å². The minimum absolute atomic E-state index is 0.127.